The molecule has 102 valence electrons. The molecule has 3 heteroatoms. The summed E-state index contributed by atoms with van der Waals surface area (Å²) in [6, 6.07) is 0. The van der Waals surface area contributed by atoms with Gasteiger partial charge in [-0.1, -0.05) is 13.8 Å². The zero-order valence-electron chi connectivity index (χ0n) is 12.2. The maximum Gasteiger partial charge on any atom is 0.166 e. The van der Waals surface area contributed by atoms with Gasteiger partial charge in [0.15, 0.2) is 6.29 Å². The second-order valence-corrected chi connectivity index (χ2v) is 4.87. The molecule has 0 spiro atoms. The van der Waals surface area contributed by atoms with Crippen LogP contribution in [0.2, 0.25) is 0 Å². The molecular weight excluding hydrogens is 224 g/mol. The Bertz CT molecular complexity index is 378. The van der Waals surface area contributed by atoms with Gasteiger partial charge in [-0.2, -0.15) is 0 Å². The van der Waals surface area contributed by atoms with E-state index < -0.39 is 0 Å². The van der Waals surface area contributed by atoms with E-state index in [1.165, 1.54) is 24.9 Å². The van der Waals surface area contributed by atoms with E-state index in [9.17, 15) is 4.79 Å². The molecule has 0 aliphatic rings. The lowest BCUT2D eigenvalue weighted by molar-refractivity contribution is 0.111. The van der Waals surface area contributed by atoms with Gasteiger partial charge in [0.2, 0.25) is 0 Å². The molecule has 3 nitrogen and oxygen atoms in total. The summed E-state index contributed by atoms with van der Waals surface area (Å²) in [5.41, 5.74) is 4.35. The average Bonchev–Trinajstić information content (AvgIpc) is 2.65. The van der Waals surface area contributed by atoms with Crippen molar-refractivity contribution < 1.29 is 4.79 Å². The summed E-state index contributed by atoms with van der Waals surface area (Å²) in [6.45, 7) is 11.9. The largest absolute Gasteiger partial charge is 0.356 e. The molecule has 1 aromatic heterocycles. The third kappa shape index (κ3) is 3.70. The summed E-state index contributed by atoms with van der Waals surface area (Å²) in [5.74, 6) is 0. The van der Waals surface area contributed by atoms with Gasteiger partial charge in [0.05, 0.1) is 5.69 Å². The lowest BCUT2D eigenvalue weighted by Gasteiger charge is -2.17. The number of aromatic amines is 1. The van der Waals surface area contributed by atoms with Crippen LogP contribution in [0.3, 0.4) is 0 Å². The van der Waals surface area contributed by atoms with Gasteiger partial charge in [-0.25, -0.2) is 0 Å². The summed E-state index contributed by atoms with van der Waals surface area (Å²) in [5, 5.41) is 0. The van der Waals surface area contributed by atoms with Crippen LogP contribution in [0.15, 0.2) is 0 Å². The number of carbonyl (C=O) groups excluding carboxylic acids is 1. The minimum Gasteiger partial charge on any atom is -0.356 e. The van der Waals surface area contributed by atoms with Crippen LogP contribution in [0.1, 0.15) is 54.0 Å². The molecule has 0 saturated heterocycles. The van der Waals surface area contributed by atoms with Crippen LogP contribution in [0.5, 0.6) is 0 Å². The summed E-state index contributed by atoms with van der Waals surface area (Å²) >= 11 is 0. The van der Waals surface area contributed by atoms with E-state index in [-0.39, 0.29) is 0 Å². The maximum absolute atomic E-state index is 10.9. The maximum atomic E-state index is 10.9. The molecular formula is C15H26N2O. The normalized spacial score (nSPS) is 11.2. The highest BCUT2D eigenvalue weighted by molar-refractivity contribution is 5.75. The number of nitrogens with one attached hydrogen (secondary N) is 1. The number of nitrogens with zero attached hydrogens (tertiary/aromatic N) is 1. The van der Waals surface area contributed by atoms with Crippen molar-refractivity contribution in [1.29, 1.82) is 0 Å². The molecule has 0 radical (unpaired) electrons. The fraction of sp³-hybridized carbons (Fsp3) is 0.667. The van der Waals surface area contributed by atoms with Crippen LogP contribution in [0.4, 0.5) is 0 Å². The minimum atomic E-state index is 0.742. The second kappa shape index (κ2) is 7.37. The molecule has 0 saturated carbocycles. The van der Waals surface area contributed by atoms with Crippen molar-refractivity contribution in [2.24, 2.45) is 0 Å². The molecule has 0 atom stereocenters. The first-order valence-electron chi connectivity index (χ1n) is 6.99. The molecule has 0 amide bonds. The summed E-state index contributed by atoms with van der Waals surface area (Å²) < 4.78 is 0. The first-order valence-corrected chi connectivity index (χ1v) is 6.99. The zero-order valence-corrected chi connectivity index (χ0v) is 12.2. The van der Waals surface area contributed by atoms with E-state index >= 15 is 0 Å². The van der Waals surface area contributed by atoms with Gasteiger partial charge in [-0.15, -0.1) is 0 Å². The topological polar surface area (TPSA) is 36.1 Å². The monoisotopic (exact) mass is 250 g/mol. The number of aryl methyl sites for hydroxylation is 1. The van der Waals surface area contributed by atoms with Crippen molar-refractivity contribution in [3.63, 3.8) is 0 Å². The Hall–Kier alpha value is -1.09. The number of unbranched alkanes of at least 4 members (excludes halogenated alkanes) is 1. The minimum absolute atomic E-state index is 0.742. The van der Waals surface area contributed by atoms with Crippen molar-refractivity contribution >= 4 is 6.29 Å². The fourth-order valence-corrected chi connectivity index (χ4v) is 2.48. The average molecular weight is 250 g/mol. The lowest BCUT2D eigenvalue weighted by Crippen LogP contribution is -2.23. The predicted molar refractivity (Wildman–Crippen MR) is 76.4 cm³/mol. The van der Waals surface area contributed by atoms with Gasteiger partial charge in [-0.05, 0) is 63.9 Å². The van der Waals surface area contributed by atoms with E-state index in [0.717, 1.165) is 42.7 Å². The van der Waals surface area contributed by atoms with E-state index in [1.807, 2.05) is 6.92 Å². The Morgan fingerprint density at radius 2 is 1.83 bits per heavy atom. The van der Waals surface area contributed by atoms with Crippen LogP contribution in [-0.2, 0) is 6.42 Å². The van der Waals surface area contributed by atoms with Crippen molar-refractivity contribution in [3.8, 4) is 0 Å². The van der Waals surface area contributed by atoms with Crippen molar-refractivity contribution in [2.75, 3.05) is 19.6 Å². The summed E-state index contributed by atoms with van der Waals surface area (Å²) in [7, 11) is 0. The molecule has 0 fully saturated rings. The number of carbonyl (C=O) groups is 1. The lowest BCUT2D eigenvalue weighted by atomic mass is 10.0. The summed E-state index contributed by atoms with van der Waals surface area (Å²) in [4.78, 5) is 16.5. The SMILES string of the molecule is CCN(CC)CCCCc1c(C)[nH]c(C=O)c1C. The van der Waals surface area contributed by atoms with Gasteiger partial charge in [0.25, 0.3) is 0 Å². The highest BCUT2D eigenvalue weighted by Crippen LogP contribution is 2.18. The Morgan fingerprint density at radius 3 is 2.33 bits per heavy atom. The molecule has 0 aliphatic heterocycles. The number of H-pyrrole nitrogens is 1. The Kier molecular flexibility index (Phi) is 6.13. The third-order valence-electron chi connectivity index (χ3n) is 3.79. The van der Waals surface area contributed by atoms with Crippen LogP contribution in [0.25, 0.3) is 0 Å². The highest BCUT2D eigenvalue weighted by atomic mass is 16.1. The number of aromatic nitrogens is 1. The third-order valence-corrected chi connectivity index (χ3v) is 3.79. The molecule has 1 rings (SSSR count). The van der Waals surface area contributed by atoms with Crippen LogP contribution >= 0.6 is 0 Å². The van der Waals surface area contributed by atoms with E-state index in [2.05, 4.69) is 30.7 Å². The molecule has 1 aromatic rings. The quantitative estimate of drug-likeness (QED) is 0.568. The van der Waals surface area contributed by atoms with Crippen molar-refractivity contribution in [1.82, 2.24) is 9.88 Å². The van der Waals surface area contributed by atoms with Gasteiger partial charge in [0.1, 0.15) is 0 Å². The van der Waals surface area contributed by atoms with Gasteiger partial charge >= 0.3 is 0 Å². The van der Waals surface area contributed by atoms with Gasteiger partial charge in [-0.3, -0.25) is 4.79 Å². The molecule has 0 aliphatic carbocycles. The fourth-order valence-electron chi connectivity index (χ4n) is 2.48. The molecule has 0 unspecified atom stereocenters. The standard InChI is InChI=1S/C15H26N2O/c1-5-17(6-2)10-8-7-9-14-12(3)15(11-18)16-13(14)4/h11,16H,5-10H2,1-4H3. The van der Waals surface area contributed by atoms with Crippen LogP contribution in [0, 0.1) is 13.8 Å². The molecule has 1 N–H and O–H groups in total. The molecule has 18 heavy (non-hydrogen) atoms. The van der Waals surface area contributed by atoms with Crippen LogP contribution in [-0.4, -0.2) is 35.8 Å². The zero-order chi connectivity index (χ0) is 13.5. The van der Waals surface area contributed by atoms with Gasteiger partial charge in [0, 0.05) is 5.69 Å². The number of hydrogen-bond donors (Lipinski definition) is 1. The highest BCUT2D eigenvalue weighted by Gasteiger charge is 2.10. The molecule has 0 bridgehead atoms. The summed E-state index contributed by atoms with van der Waals surface area (Å²) in [6.07, 6.45) is 4.40. The first kappa shape index (κ1) is 15.0. The number of rotatable bonds is 8. The Balaban J connectivity index is 2.44. The van der Waals surface area contributed by atoms with E-state index in [4.69, 9.17) is 0 Å². The smallest absolute Gasteiger partial charge is 0.166 e. The number of aldehydes is 1. The Labute approximate surface area is 111 Å². The Morgan fingerprint density at radius 1 is 1.17 bits per heavy atom. The van der Waals surface area contributed by atoms with Gasteiger partial charge < -0.3 is 9.88 Å². The van der Waals surface area contributed by atoms with E-state index in [1.54, 1.807) is 0 Å². The first-order chi connectivity index (χ1) is 8.63. The number of hydrogen-bond acceptors (Lipinski definition) is 2. The van der Waals surface area contributed by atoms with Crippen LogP contribution < -0.4 is 0 Å². The van der Waals surface area contributed by atoms with E-state index in [0.29, 0.717) is 0 Å². The van der Waals surface area contributed by atoms with Crippen molar-refractivity contribution in [2.45, 2.75) is 47.0 Å². The van der Waals surface area contributed by atoms with Crippen molar-refractivity contribution in [3.05, 3.63) is 22.5 Å². The molecule has 1 heterocycles. The molecule has 0 aromatic carbocycles. The second-order valence-electron chi connectivity index (χ2n) is 4.87. The predicted octanol–water partition coefficient (Wildman–Crippen LogP) is 3.11.